The molecule has 8 nitrogen and oxygen atoms in total. The van der Waals surface area contributed by atoms with Crippen LogP contribution in [0.25, 0.3) is 0 Å². The number of hydrogen-bond acceptors (Lipinski definition) is 5. The minimum absolute atomic E-state index is 0.149. The minimum Gasteiger partial charge on any atom is -0.493 e. The largest absolute Gasteiger partial charge is 0.493 e. The molecule has 2 rings (SSSR count). The summed E-state index contributed by atoms with van der Waals surface area (Å²) in [4.78, 5) is 36.8. The van der Waals surface area contributed by atoms with Crippen LogP contribution in [0.3, 0.4) is 0 Å². The van der Waals surface area contributed by atoms with Gasteiger partial charge in [0, 0.05) is 23.3 Å². The number of halogens is 1. The molecule has 0 fully saturated rings. The monoisotopic (exact) mass is 405 g/mol. The summed E-state index contributed by atoms with van der Waals surface area (Å²) in [6, 6.07) is 11.1. The molecule has 0 atom stereocenters. The Bertz CT molecular complexity index is 870. The molecule has 3 N–H and O–H groups in total. The van der Waals surface area contributed by atoms with E-state index in [-0.39, 0.29) is 36.5 Å². The highest BCUT2D eigenvalue weighted by atomic mass is 35.5. The number of carbonyl (C=O) groups is 3. The lowest BCUT2D eigenvalue weighted by molar-refractivity contribution is -0.120. The van der Waals surface area contributed by atoms with E-state index in [2.05, 4.69) is 5.32 Å². The van der Waals surface area contributed by atoms with Gasteiger partial charge in [-0.3, -0.25) is 14.4 Å². The van der Waals surface area contributed by atoms with Crippen molar-refractivity contribution in [2.45, 2.75) is 0 Å². The van der Waals surface area contributed by atoms with Gasteiger partial charge in [0.1, 0.15) is 0 Å². The molecule has 0 radical (unpaired) electrons. The Morgan fingerprint density at radius 2 is 1.79 bits per heavy atom. The third kappa shape index (κ3) is 5.88. The molecule has 0 heterocycles. The predicted molar refractivity (Wildman–Crippen MR) is 105 cm³/mol. The first-order valence-electron chi connectivity index (χ1n) is 8.20. The van der Waals surface area contributed by atoms with E-state index in [1.54, 1.807) is 24.3 Å². The molecule has 0 aromatic heterocycles. The van der Waals surface area contributed by atoms with Gasteiger partial charge in [0.25, 0.3) is 11.8 Å². The van der Waals surface area contributed by atoms with Gasteiger partial charge in [-0.15, -0.1) is 0 Å². The van der Waals surface area contributed by atoms with Crippen LogP contribution in [0.1, 0.15) is 10.4 Å². The van der Waals surface area contributed by atoms with Crippen LogP contribution in [0.15, 0.2) is 42.5 Å². The van der Waals surface area contributed by atoms with E-state index in [0.717, 1.165) is 0 Å². The van der Waals surface area contributed by atoms with Crippen molar-refractivity contribution in [3.8, 4) is 11.5 Å². The Kier molecular flexibility index (Phi) is 7.22. The average molecular weight is 406 g/mol. The molecule has 9 heteroatoms. The fourth-order valence-corrected chi connectivity index (χ4v) is 2.44. The molecule has 0 spiro atoms. The van der Waals surface area contributed by atoms with Crippen LogP contribution in [0.5, 0.6) is 11.5 Å². The van der Waals surface area contributed by atoms with Crippen LogP contribution in [-0.2, 0) is 9.59 Å². The number of nitrogens with one attached hydrogen (secondary N) is 1. The Morgan fingerprint density at radius 1 is 1.11 bits per heavy atom. The van der Waals surface area contributed by atoms with E-state index < -0.39 is 5.91 Å². The second kappa shape index (κ2) is 9.61. The SMILES string of the molecule is COc1cc(C(=O)N(C)CC(=O)Nc2ccc(Cl)cc2)ccc1OCC(N)=O. The Morgan fingerprint density at radius 3 is 2.39 bits per heavy atom. The number of anilines is 1. The zero-order valence-electron chi connectivity index (χ0n) is 15.4. The minimum atomic E-state index is -0.631. The highest BCUT2D eigenvalue weighted by Gasteiger charge is 2.17. The summed E-state index contributed by atoms with van der Waals surface area (Å²) >= 11 is 5.81. The molecule has 28 heavy (non-hydrogen) atoms. The molecule has 0 unspecified atom stereocenters. The van der Waals surface area contributed by atoms with Crippen molar-refractivity contribution in [1.29, 1.82) is 0 Å². The number of rotatable bonds is 8. The zero-order valence-corrected chi connectivity index (χ0v) is 16.2. The highest BCUT2D eigenvalue weighted by molar-refractivity contribution is 6.30. The Balaban J connectivity index is 2.02. The van der Waals surface area contributed by atoms with Crippen LogP contribution in [0, 0.1) is 0 Å². The summed E-state index contributed by atoms with van der Waals surface area (Å²) in [6.07, 6.45) is 0. The second-order valence-electron chi connectivity index (χ2n) is 5.84. The Labute approximate surface area is 167 Å². The van der Waals surface area contributed by atoms with Gasteiger partial charge in [0.2, 0.25) is 5.91 Å². The molecule has 0 bridgehead atoms. The van der Waals surface area contributed by atoms with E-state index in [1.807, 2.05) is 0 Å². The number of amides is 3. The first-order chi connectivity index (χ1) is 13.3. The number of carbonyl (C=O) groups excluding carboxylic acids is 3. The molecular weight excluding hydrogens is 386 g/mol. The highest BCUT2D eigenvalue weighted by Crippen LogP contribution is 2.28. The standard InChI is InChI=1S/C19H20ClN3O5/c1-23(10-18(25)22-14-6-4-13(20)5-7-14)19(26)12-3-8-15(16(9-12)27-2)28-11-17(21)24/h3-9H,10-11H2,1-2H3,(H2,21,24)(H,22,25). The number of likely N-dealkylation sites (N-methyl/N-ethyl adjacent to an activating group) is 1. The van der Waals surface area contributed by atoms with Crippen molar-refractivity contribution < 1.29 is 23.9 Å². The lowest BCUT2D eigenvalue weighted by Crippen LogP contribution is -2.34. The van der Waals surface area contributed by atoms with Crippen LogP contribution >= 0.6 is 11.6 Å². The summed E-state index contributed by atoms with van der Waals surface area (Å²) in [5, 5.41) is 3.24. The molecule has 0 aliphatic heterocycles. The summed E-state index contributed by atoms with van der Waals surface area (Å²) < 4.78 is 10.4. The summed E-state index contributed by atoms with van der Waals surface area (Å²) in [5.41, 5.74) is 5.92. The molecule has 0 aliphatic rings. The molecule has 0 aliphatic carbocycles. The lowest BCUT2D eigenvalue weighted by atomic mass is 10.1. The van der Waals surface area contributed by atoms with Crippen molar-refractivity contribution >= 4 is 35.0 Å². The number of ether oxygens (including phenoxy) is 2. The lowest BCUT2D eigenvalue weighted by Gasteiger charge is -2.18. The maximum absolute atomic E-state index is 12.6. The average Bonchev–Trinajstić information content (AvgIpc) is 2.67. The zero-order chi connectivity index (χ0) is 20.7. The number of benzene rings is 2. The van der Waals surface area contributed by atoms with Crippen LogP contribution < -0.4 is 20.5 Å². The Hall–Kier alpha value is -3.26. The topological polar surface area (TPSA) is 111 Å². The maximum atomic E-state index is 12.6. The van der Waals surface area contributed by atoms with Gasteiger partial charge in [-0.05, 0) is 42.5 Å². The quantitative estimate of drug-likeness (QED) is 0.697. The van der Waals surface area contributed by atoms with E-state index >= 15 is 0 Å². The molecule has 3 amide bonds. The van der Waals surface area contributed by atoms with Gasteiger partial charge < -0.3 is 25.4 Å². The maximum Gasteiger partial charge on any atom is 0.255 e. The van der Waals surface area contributed by atoms with E-state index in [0.29, 0.717) is 16.3 Å². The number of nitrogens with two attached hydrogens (primary N) is 1. The number of hydrogen-bond donors (Lipinski definition) is 2. The molecule has 0 saturated carbocycles. The van der Waals surface area contributed by atoms with Crippen LogP contribution in [0.4, 0.5) is 5.69 Å². The fourth-order valence-electron chi connectivity index (χ4n) is 2.31. The molecule has 148 valence electrons. The normalized spacial score (nSPS) is 10.1. The van der Waals surface area contributed by atoms with Crippen molar-refractivity contribution in [1.82, 2.24) is 4.90 Å². The molecule has 0 saturated heterocycles. The second-order valence-corrected chi connectivity index (χ2v) is 6.27. The van der Waals surface area contributed by atoms with Gasteiger partial charge in [-0.1, -0.05) is 11.6 Å². The van der Waals surface area contributed by atoms with Crippen molar-refractivity contribution in [2.24, 2.45) is 5.73 Å². The third-order valence-corrected chi connectivity index (χ3v) is 3.89. The van der Waals surface area contributed by atoms with Crippen LogP contribution in [0.2, 0.25) is 5.02 Å². The van der Waals surface area contributed by atoms with Gasteiger partial charge in [0.05, 0.1) is 13.7 Å². The summed E-state index contributed by atoms with van der Waals surface area (Å²) in [6.45, 7) is -0.460. The molecular formula is C19H20ClN3O5. The smallest absolute Gasteiger partial charge is 0.255 e. The van der Waals surface area contributed by atoms with Crippen molar-refractivity contribution in [3.05, 3.63) is 53.1 Å². The van der Waals surface area contributed by atoms with Gasteiger partial charge >= 0.3 is 0 Å². The number of methoxy groups -OCH3 is 1. The summed E-state index contributed by atoms with van der Waals surface area (Å²) in [7, 11) is 2.91. The molecule has 2 aromatic carbocycles. The first-order valence-corrected chi connectivity index (χ1v) is 8.58. The third-order valence-electron chi connectivity index (χ3n) is 3.64. The van der Waals surface area contributed by atoms with E-state index in [1.165, 1.54) is 37.3 Å². The fraction of sp³-hybridized carbons (Fsp3) is 0.211. The number of nitrogens with zero attached hydrogens (tertiary/aromatic N) is 1. The van der Waals surface area contributed by atoms with Gasteiger partial charge in [0.15, 0.2) is 18.1 Å². The summed E-state index contributed by atoms with van der Waals surface area (Å²) in [5.74, 6) is -0.821. The van der Waals surface area contributed by atoms with E-state index in [4.69, 9.17) is 26.8 Å². The molecule has 2 aromatic rings. The number of primary amides is 1. The predicted octanol–water partition coefficient (Wildman–Crippen LogP) is 1.92. The van der Waals surface area contributed by atoms with Gasteiger partial charge in [-0.2, -0.15) is 0 Å². The van der Waals surface area contributed by atoms with Crippen molar-refractivity contribution in [3.63, 3.8) is 0 Å². The van der Waals surface area contributed by atoms with E-state index in [9.17, 15) is 14.4 Å². The van der Waals surface area contributed by atoms with Crippen molar-refractivity contribution in [2.75, 3.05) is 32.6 Å². The van der Waals surface area contributed by atoms with Gasteiger partial charge in [-0.25, -0.2) is 0 Å². The first kappa shape index (κ1) is 21.0. The van der Waals surface area contributed by atoms with Crippen LogP contribution in [-0.4, -0.2) is 49.9 Å².